The number of carbonyl (C=O) groups is 3. The lowest BCUT2D eigenvalue weighted by atomic mass is 9.84. The van der Waals surface area contributed by atoms with Crippen molar-refractivity contribution in [2.45, 2.75) is 49.8 Å². The Kier molecular flexibility index (Phi) is 12.3. The molecule has 2 aromatic carbocycles. The highest BCUT2D eigenvalue weighted by Crippen LogP contribution is 2.44. The van der Waals surface area contributed by atoms with E-state index >= 15 is 0 Å². The maximum Gasteiger partial charge on any atom is 0.491 e. The van der Waals surface area contributed by atoms with E-state index in [1.807, 2.05) is 0 Å². The number of nitrogens with zero attached hydrogens (tertiary/aromatic N) is 3. The molecule has 2 aromatic rings. The molecular formula is C31H30Cl2F9N3O5. The molecule has 4 rings (SSSR count). The van der Waals surface area contributed by atoms with Gasteiger partial charge in [0.15, 0.2) is 5.75 Å². The maximum atomic E-state index is 14.0. The van der Waals surface area contributed by atoms with Crippen LogP contribution >= 0.6 is 23.2 Å². The first-order valence-corrected chi connectivity index (χ1v) is 15.9. The van der Waals surface area contributed by atoms with Crippen LogP contribution in [0.25, 0.3) is 0 Å². The maximum absolute atomic E-state index is 14.0. The molecule has 2 fully saturated rings. The van der Waals surface area contributed by atoms with Crippen molar-refractivity contribution < 1.29 is 63.4 Å². The molecule has 0 radical (unpaired) electrons. The lowest BCUT2D eigenvalue weighted by molar-refractivity contribution is -0.190. The summed E-state index contributed by atoms with van der Waals surface area (Å²) in [6.45, 7) is 3.16. The molecule has 0 spiro atoms. The van der Waals surface area contributed by atoms with Gasteiger partial charge in [-0.15, -0.1) is 0 Å². The van der Waals surface area contributed by atoms with Gasteiger partial charge in [-0.1, -0.05) is 29.3 Å². The Morgan fingerprint density at radius 2 is 1.58 bits per heavy atom. The number of morpholine rings is 1. The minimum atomic E-state index is -5.86. The second-order valence-electron chi connectivity index (χ2n) is 11.7. The molecule has 2 aliphatic rings. The molecule has 2 saturated heterocycles. The predicted octanol–water partition coefficient (Wildman–Crippen LogP) is 7.07. The molecule has 2 amide bonds. The van der Waals surface area contributed by atoms with Gasteiger partial charge < -0.3 is 19.3 Å². The molecule has 276 valence electrons. The minimum Gasteiger partial charge on any atom is -0.418 e. The largest absolute Gasteiger partial charge is 0.491 e. The van der Waals surface area contributed by atoms with Gasteiger partial charge in [-0.05, 0) is 49.2 Å². The summed E-state index contributed by atoms with van der Waals surface area (Å²) in [6, 6.07) is 2.66. The van der Waals surface area contributed by atoms with Crippen molar-refractivity contribution in [2.75, 3.05) is 53.0 Å². The van der Waals surface area contributed by atoms with Crippen molar-refractivity contribution >= 4 is 41.0 Å². The summed E-state index contributed by atoms with van der Waals surface area (Å²) >= 11 is 12.3. The third kappa shape index (κ3) is 9.53. The molecule has 19 heteroatoms. The SMILES string of the molecule is CN(C(=O)c1cc(C(F)(F)F)cc(C(F)(F)F)c1OC(=O)C(F)(F)F)[C@@H]1CCN(C(=O)CCCN2CCOCC2)C[C@H]1c1ccc(Cl)c(Cl)c1. The Morgan fingerprint density at radius 1 is 0.920 bits per heavy atom. The Morgan fingerprint density at radius 3 is 2.16 bits per heavy atom. The topological polar surface area (TPSA) is 79.4 Å². The molecule has 50 heavy (non-hydrogen) atoms. The summed E-state index contributed by atoms with van der Waals surface area (Å²) in [4.78, 5) is 43.2. The molecule has 8 nitrogen and oxygen atoms in total. The molecule has 0 aliphatic carbocycles. The average molecular weight is 766 g/mol. The van der Waals surface area contributed by atoms with Gasteiger partial charge in [0.25, 0.3) is 5.91 Å². The zero-order valence-electron chi connectivity index (χ0n) is 26.2. The summed E-state index contributed by atoms with van der Waals surface area (Å²) in [5, 5.41) is 0.211. The van der Waals surface area contributed by atoms with E-state index in [9.17, 15) is 53.9 Å². The Labute approximate surface area is 289 Å². The number of benzene rings is 2. The lowest BCUT2D eigenvalue weighted by Crippen LogP contribution is -2.52. The van der Waals surface area contributed by atoms with E-state index in [1.54, 1.807) is 0 Å². The average Bonchev–Trinajstić information content (AvgIpc) is 3.04. The number of likely N-dealkylation sites (N-methyl/N-ethyl adjacent to an activating group) is 1. The van der Waals surface area contributed by atoms with E-state index in [1.165, 1.54) is 23.1 Å². The monoisotopic (exact) mass is 765 g/mol. The first-order chi connectivity index (χ1) is 23.2. The highest BCUT2D eigenvalue weighted by Gasteiger charge is 2.47. The summed E-state index contributed by atoms with van der Waals surface area (Å²) in [5.41, 5.74) is -5.62. The number of ether oxygens (including phenoxy) is 2. The number of halogens is 11. The quantitative estimate of drug-likeness (QED) is 0.163. The second kappa shape index (κ2) is 15.5. The predicted molar refractivity (Wildman–Crippen MR) is 161 cm³/mol. The van der Waals surface area contributed by atoms with Gasteiger partial charge >= 0.3 is 24.5 Å². The van der Waals surface area contributed by atoms with Gasteiger partial charge in [0.05, 0.1) is 39.9 Å². The number of alkyl halides is 9. The minimum absolute atomic E-state index is 0.0167. The molecule has 0 bridgehead atoms. The number of rotatable bonds is 8. The van der Waals surface area contributed by atoms with Crippen molar-refractivity contribution in [1.29, 1.82) is 0 Å². The fourth-order valence-corrected chi connectivity index (χ4v) is 6.21. The van der Waals surface area contributed by atoms with Crippen molar-refractivity contribution in [3.63, 3.8) is 0 Å². The van der Waals surface area contributed by atoms with Crippen LogP contribution in [0.15, 0.2) is 30.3 Å². The van der Waals surface area contributed by atoms with Gasteiger partial charge in [-0.3, -0.25) is 14.5 Å². The fraction of sp³-hybridized carbons (Fsp3) is 0.516. The normalized spacial score (nSPS) is 19.3. The molecule has 0 unspecified atom stereocenters. The van der Waals surface area contributed by atoms with Gasteiger partial charge in [-0.25, -0.2) is 4.79 Å². The number of likely N-dealkylation sites (tertiary alicyclic amines) is 1. The highest BCUT2D eigenvalue weighted by molar-refractivity contribution is 6.42. The van der Waals surface area contributed by atoms with Crippen molar-refractivity contribution in [2.24, 2.45) is 0 Å². The third-order valence-electron chi connectivity index (χ3n) is 8.47. The molecular weight excluding hydrogens is 736 g/mol. The zero-order valence-corrected chi connectivity index (χ0v) is 27.7. The van der Waals surface area contributed by atoms with Gasteiger partial charge in [-0.2, -0.15) is 39.5 Å². The van der Waals surface area contributed by atoms with E-state index in [4.69, 9.17) is 27.9 Å². The van der Waals surface area contributed by atoms with Crippen LogP contribution in [0.5, 0.6) is 5.75 Å². The Balaban J connectivity index is 1.70. The molecule has 2 atom stereocenters. The van der Waals surface area contributed by atoms with E-state index in [2.05, 4.69) is 9.64 Å². The Hall–Kier alpha value is -3.28. The van der Waals surface area contributed by atoms with Crippen LogP contribution in [0.2, 0.25) is 10.0 Å². The van der Waals surface area contributed by atoms with Gasteiger partial charge in [0.2, 0.25) is 5.91 Å². The van der Waals surface area contributed by atoms with Crippen LogP contribution in [-0.4, -0.2) is 97.7 Å². The van der Waals surface area contributed by atoms with Crippen molar-refractivity contribution in [3.8, 4) is 5.75 Å². The molecule has 0 saturated carbocycles. The smallest absolute Gasteiger partial charge is 0.418 e. The van der Waals surface area contributed by atoms with Crippen LogP contribution in [0.1, 0.15) is 52.2 Å². The summed E-state index contributed by atoms with van der Waals surface area (Å²) < 4.78 is 132. The van der Waals surface area contributed by atoms with Crippen molar-refractivity contribution in [1.82, 2.24) is 14.7 Å². The number of carbonyl (C=O) groups excluding carboxylic acids is 3. The molecule has 2 aliphatic heterocycles. The third-order valence-corrected chi connectivity index (χ3v) is 9.20. The summed E-state index contributed by atoms with van der Waals surface area (Å²) in [5.74, 6) is -7.92. The first-order valence-electron chi connectivity index (χ1n) is 15.1. The Bertz CT molecular complexity index is 1580. The number of piperidine rings is 1. The van der Waals surface area contributed by atoms with Gasteiger partial charge in [0, 0.05) is 51.6 Å². The zero-order chi connectivity index (χ0) is 37.2. The second-order valence-corrected chi connectivity index (χ2v) is 12.5. The number of hydrogen-bond acceptors (Lipinski definition) is 6. The van der Waals surface area contributed by atoms with Crippen LogP contribution in [-0.2, 0) is 26.7 Å². The standard InChI is InChI=1S/C31H30Cl2F9N3O5/c1-43(27(47)19-14-18(29(34,35)36)15-21(30(37,38)39)26(19)50-28(48)31(40,41)42)24-6-8-45(16-20(24)17-4-5-22(32)23(33)13-17)25(46)3-2-7-44-9-11-49-12-10-44/h4-5,13-15,20,24H,2-3,6-12,16H2,1H3/t20-,24+/m0/s1. The van der Waals surface area contributed by atoms with Crippen molar-refractivity contribution in [3.05, 3.63) is 62.6 Å². The highest BCUT2D eigenvalue weighted by atomic mass is 35.5. The van der Waals surface area contributed by atoms with E-state index in [0.29, 0.717) is 44.8 Å². The first kappa shape index (κ1) is 39.5. The summed E-state index contributed by atoms with van der Waals surface area (Å²) in [7, 11) is 1.03. The number of hydrogen-bond donors (Lipinski definition) is 0. The van der Waals surface area contributed by atoms with E-state index < -0.39 is 70.9 Å². The number of amides is 2. The lowest BCUT2D eigenvalue weighted by Gasteiger charge is -2.43. The molecule has 0 N–H and O–H groups in total. The van der Waals surface area contributed by atoms with E-state index in [-0.39, 0.29) is 47.9 Å². The van der Waals surface area contributed by atoms with Crippen LogP contribution in [0.3, 0.4) is 0 Å². The summed E-state index contributed by atoms with van der Waals surface area (Å²) in [6.07, 6.45) is -16.5. The van der Waals surface area contributed by atoms with Crippen LogP contribution in [0.4, 0.5) is 39.5 Å². The number of esters is 1. The van der Waals surface area contributed by atoms with Gasteiger partial charge in [0.1, 0.15) is 0 Å². The van der Waals surface area contributed by atoms with Crippen LogP contribution in [0, 0.1) is 0 Å². The van der Waals surface area contributed by atoms with E-state index in [0.717, 1.165) is 11.9 Å². The molecule has 2 heterocycles. The molecule has 0 aromatic heterocycles. The fourth-order valence-electron chi connectivity index (χ4n) is 5.90. The van der Waals surface area contributed by atoms with Crippen LogP contribution < -0.4 is 4.74 Å².